The number of hydrogen-bond donors (Lipinski definition) is 2. The molecule has 0 aromatic heterocycles. The molecule has 1 fully saturated rings. The Balaban J connectivity index is 1.64. The van der Waals surface area contributed by atoms with Crippen molar-refractivity contribution in [2.45, 2.75) is 57.9 Å². The summed E-state index contributed by atoms with van der Waals surface area (Å²) in [5.41, 5.74) is 4.96. The summed E-state index contributed by atoms with van der Waals surface area (Å²) in [4.78, 5) is 0. The smallest absolute Gasteiger partial charge is 0.171 e. The van der Waals surface area contributed by atoms with E-state index in [-0.39, 0.29) is 5.54 Å². The number of aryl methyl sites for hydroxylation is 3. The van der Waals surface area contributed by atoms with Gasteiger partial charge in [-0.05, 0) is 86.6 Å². The first-order valence-electron chi connectivity index (χ1n) is 9.37. The molecule has 1 aliphatic carbocycles. The minimum Gasteiger partial charge on any atom is -0.357 e. The molecule has 0 amide bonds. The lowest BCUT2D eigenvalue weighted by Gasteiger charge is -2.32. The van der Waals surface area contributed by atoms with Crippen molar-refractivity contribution in [1.82, 2.24) is 5.32 Å². The quantitative estimate of drug-likeness (QED) is 0.599. The van der Waals surface area contributed by atoms with E-state index in [1.165, 1.54) is 42.4 Å². The van der Waals surface area contributed by atoms with Crippen LogP contribution in [-0.2, 0) is 6.42 Å². The lowest BCUT2D eigenvalue weighted by molar-refractivity contribution is 0.362. The van der Waals surface area contributed by atoms with Crippen molar-refractivity contribution >= 4 is 34.6 Å². The maximum absolute atomic E-state index is 6.00. The molecule has 138 valence electrons. The minimum atomic E-state index is 0.0987. The molecule has 4 heteroatoms. The predicted molar refractivity (Wildman–Crippen MR) is 116 cm³/mol. The number of anilines is 1. The topological polar surface area (TPSA) is 24.1 Å². The highest BCUT2D eigenvalue weighted by molar-refractivity contribution is 7.80. The van der Waals surface area contributed by atoms with Gasteiger partial charge in [0.25, 0.3) is 0 Å². The zero-order valence-corrected chi connectivity index (χ0v) is 17.1. The summed E-state index contributed by atoms with van der Waals surface area (Å²) in [5, 5.41) is 8.60. The van der Waals surface area contributed by atoms with E-state index in [1.807, 2.05) is 12.1 Å². The molecular weight excluding hydrogens is 360 g/mol. The van der Waals surface area contributed by atoms with Crippen molar-refractivity contribution in [2.75, 3.05) is 5.32 Å². The Kier molecular flexibility index (Phi) is 6.20. The molecule has 2 N–H and O–H groups in total. The second kappa shape index (κ2) is 8.41. The van der Waals surface area contributed by atoms with Crippen LogP contribution in [0.2, 0.25) is 5.02 Å². The van der Waals surface area contributed by atoms with Gasteiger partial charge in [0.2, 0.25) is 0 Å². The SMILES string of the molecule is Cc1ccc(C)c(NC(=S)NC2(CCc3ccc(Cl)cc3)CCCC2)c1. The summed E-state index contributed by atoms with van der Waals surface area (Å²) in [6, 6.07) is 14.6. The Morgan fingerprint density at radius 1 is 1.08 bits per heavy atom. The Hall–Kier alpha value is -1.58. The third-order valence-corrected chi connectivity index (χ3v) is 5.84. The first-order chi connectivity index (χ1) is 12.5. The van der Waals surface area contributed by atoms with Crippen LogP contribution in [0.5, 0.6) is 0 Å². The van der Waals surface area contributed by atoms with Gasteiger partial charge in [-0.25, -0.2) is 0 Å². The Bertz CT molecular complexity index is 764. The minimum absolute atomic E-state index is 0.0987. The van der Waals surface area contributed by atoms with Crippen LogP contribution in [0, 0.1) is 13.8 Å². The third-order valence-electron chi connectivity index (χ3n) is 5.39. The van der Waals surface area contributed by atoms with Gasteiger partial charge in [0, 0.05) is 16.2 Å². The molecule has 0 radical (unpaired) electrons. The number of benzene rings is 2. The number of thiocarbonyl (C=S) groups is 1. The molecule has 3 rings (SSSR count). The van der Waals surface area contributed by atoms with Crippen molar-refractivity contribution < 1.29 is 0 Å². The highest BCUT2D eigenvalue weighted by Gasteiger charge is 2.34. The molecule has 2 aromatic carbocycles. The van der Waals surface area contributed by atoms with Crippen LogP contribution in [0.4, 0.5) is 5.69 Å². The zero-order valence-electron chi connectivity index (χ0n) is 15.6. The van der Waals surface area contributed by atoms with Gasteiger partial charge in [0.15, 0.2) is 5.11 Å². The maximum atomic E-state index is 6.00. The van der Waals surface area contributed by atoms with Gasteiger partial charge in [0.05, 0.1) is 0 Å². The van der Waals surface area contributed by atoms with Crippen LogP contribution in [0.15, 0.2) is 42.5 Å². The first kappa shape index (κ1) is 19.2. The van der Waals surface area contributed by atoms with Gasteiger partial charge < -0.3 is 10.6 Å². The average molecular weight is 387 g/mol. The van der Waals surface area contributed by atoms with E-state index in [0.29, 0.717) is 0 Å². The molecular formula is C22H27ClN2S. The van der Waals surface area contributed by atoms with Crippen molar-refractivity contribution in [3.05, 3.63) is 64.2 Å². The summed E-state index contributed by atoms with van der Waals surface area (Å²) in [6.07, 6.45) is 7.00. The average Bonchev–Trinajstić information content (AvgIpc) is 3.06. The van der Waals surface area contributed by atoms with Crippen molar-refractivity contribution in [2.24, 2.45) is 0 Å². The van der Waals surface area contributed by atoms with Gasteiger partial charge >= 0.3 is 0 Å². The van der Waals surface area contributed by atoms with E-state index < -0.39 is 0 Å². The molecule has 1 aliphatic rings. The Labute approximate surface area is 167 Å². The largest absolute Gasteiger partial charge is 0.357 e. The molecule has 1 saturated carbocycles. The highest BCUT2D eigenvalue weighted by atomic mass is 35.5. The van der Waals surface area contributed by atoms with Crippen LogP contribution in [0.1, 0.15) is 48.8 Å². The standard InChI is InChI=1S/C22H27ClN2S/c1-16-5-6-17(2)20(15-16)24-21(26)25-22(12-3-4-13-22)14-11-18-7-9-19(23)10-8-18/h5-10,15H,3-4,11-14H2,1-2H3,(H2,24,25,26). The van der Waals surface area contributed by atoms with E-state index in [0.717, 1.165) is 28.7 Å². The zero-order chi connectivity index (χ0) is 18.6. The fraction of sp³-hybridized carbons (Fsp3) is 0.409. The summed E-state index contributed by atoms with van der Waals surface area (Å²) >= 11 is 11.7. The maximum Gasteiger partial charge on any atom is 0.171 e. The van der Waals surface area contributed by atoms with Crippen LogP contribution in [-0.4, -0.2) is 10.7 Å². The molecule has 0 unspecified atom stereocenters. The summed E-state index contributed by atoms with van der Waals surface area (Å²) in [5.74, 6) is 0. The normalized spacial score (nSPS) is 15.7. The van der Waals surface area contributed by atoms with E-state index in [2.05, 4.69) is 54.8 Å². The van der Waals surface area contributed by atoms with Gasteiger partial charge in [0.1, 0.15) is 0 Å². The fourth-order valence-corrected chi connectivity index (χ4v) is 4.24. The lowest BCUT2D eigenvalue weighted by atomic mass is 9.89. The van der Waals surface area contributed by atoms with Gasteiger partial charge in [-0.1, -0.05) is 48.7 Å². The van der Waals surface area contributed by atoms with Crippen molar-refractivity contribution in [3.8, 4) is 0 Å². The summed E-state index contributed by atoms with van der Waals surface area (Å²) < 4.78 is 0. The van der Waals surface area contributed by atoms with Crippen molar-refractivity contribution in [3.63, 3.8) is 0 Å². The van der Waals surface area contributed by atoms with Gasteiger partial charge in [-0.3, -0.25) is 0 Å². The number of rotatable bonds is 5. The number of hydrogen-bond acceptors (Lipinski definition) is 1. The van der Waals surface area contributed by atoms with E-state index in [9.17, 15) is 0 Å². The molecule has 2 aromatic rings. The second-order valence-electron chi connectivity index (χ2n) is 7.51. The van der Waals surface area contributed by atoms with Crippen LogP contribution in [0.25, 0.3) is 0 Å². The molecule has 0 spiro atoms. The molecule has 0 saturated heterocycles. The van der Waals surface area contributed by atoms with Crippen LogP contribution >= 0.6 is 23.8 Å². The van der Waals surface area contributed by atoms with Crippen LogP contribution < -0.4 is 10.6 Å². The molecule has 0 bridgehead atoms. The van der Waals surface area contributed by atoms with E-state index >= 15 is 0 Å². The van der Waals surface area contributed by atoms with E-state index in [4.69, 9.17) is 23.8 Å². The van der Waals surface area contributed by atoms with Gasteiger partial charge in [-0.2, -0.15) is 0 Å². The monoisotopic (exact) mass is 386 g/mol. The number of nitrogens with one attached hydrogen (secondary N) is 2. The van der Waals surface area contributed by atoms with Crippen LogP contribution in [0.3, 0.4) is 0 Å². The lowest BCUT2D eigenvalue weighted by Crippen LogP contribution is -2.48. The molecule has 0 aliphatic heterocycles. The molecule has 26 heavy (non-hydrogen) atoms. The van der Waals surface area contributed by atoms with Crippen molar-refractivity contribution in [1.29, 1.82) is 0 Å². The third kappa shape index (κ3) is 4.99. The highest BCUT2D eigenvalue weighted by Crippen LogP contribution is 2.34. The summed E-state index contributed by atoms with van der Waals surface area (Å²) in [7, 11) is 0. The first-order valence-corrected chi connectivity index (χ1v) is 10.2. The second-order valence-corrected chi connectivity index (χ2v) is 8.36. The predicted octanol–water partition coefficient (Wildman–Crippen LogP) is 6.19. The van der Waals surface area contributed by atoms with Gasteiger partial charge in [-0.15, -0.1) is 0 Å². The summed E-state index contributed by atoms with van der Waals surface area (Å²) in [6.45, 7) is 4.21. The fourth-order valence-electron chi connectivity index (χ4n) is 3.79. The number of halogens is 1. The molecule has 0 atom stereocenters. The van der Waals surface area contributed by atoms with E-state index in [1.54, 1.807) is 0 Å². The Morgan fingerprint density at radius 3 is 2.46 bits per heavy atom. The Morgan fingerprint density at radius 2 is 1.77 bits per heavy atom. The molecule has 0 heterocycles. The molecule has 2 nitrogen and oxygen atoms in total.